The molecule has 1 aromatic carbocycles. The van der Waals surface area contributed by atoms with Gasteiger partial charge in [-0.1, -0.05) is 15.9 Å². The van der Waals surface area contributed by atoms with Crippen molar-refractivity contribution in [1.82, 2.24) is 4.90 Å². The zero-order valence-electron chi connectivity index (χ0n) is 13.1. The van der Waals surface area contributed by atoms with Gasteiger partial charge in [0.15, 0.2) is 0 Å². The van der Waals surface area contributed by atoms with Gasteiger partial charge in [-0.25, -0.2) is 0 Å². The number of hydrogen-bond donors (Lipinski definition) is 0. The molecular weight excluding hydrogens is 362 g/mol. The SMILES string of the molecule is O=[N+]([O-])c1cc(Br)ccc1N1CCCC(CN2CCOCC2)C1. The summed E-state index contributed by atoms with van der Waals surface area (Å²) in [6.45, 7) is 6.46. The van der Waals surface area contributed by atoms with Crippen molar-refractivity contribution >= 4 is 27.3 Å². The number of rotatable bonds is 4. The van der Waals surface area contributed by atoms with E-state index >= 15 is 0 Å². The fourth-order valence-corrected chi connectivity index (χ4v) is 3.84. The highest BCUT2D eigenvalue weighted by atomic mass is 79.9. The molecule has 0 aliphatic carbocycles. The molecule has 1 atom stereocenters. The van der Waals surface area contributed by atoms with Crippen molar-refractivity contribution in [3.63, 3.8) is 0 Å². The molecule has 3 rings (SSSR count). The van der Waals surface area contributed by atoms with Crippen LogP contribution in [-0.4, -0.2) is 55.8 Å². The average Bonchev–Trinajstić information content (AvgIpc) is 2.56. The Hall–Kier alpha value is -1.18. The van der Waals surface area contributed by atoms with Gasteiger partial charge in [0.2, 0.25) is 0 Å². The van der Waals surface area contributed by atoms with Crippen LogP contribution in [0.3, 0.4) is 0 Å². The van der Waals surface area contributed by atoms with Crippen LogP contribution in [0.5, 0.6) is 0 Å². The number of halogens is 1. The van der Waals surface area contributed by atoms with Gasteiger partial charge in [0.05, 0.1) is 18.1 Å². The molecule has 2 aliphatic heterocycles. The molecule has 1 aromatic rings. The molecule has 23 heavy (non-hydrogen) atoms. The van der Waals surface area contributed by atoms with Gasteiger partial charge in [-0.2, -0.15) is 0 Å². The summed E-state index contributed by atoms with van der Waals surface area (Å²) in [5, 5.41) is 11.4. The Kier molecular flexibility index (Phi) is 5.50. The van der Waals surface area contributed by atoms with Gasteiger partial charge in [0.25, 0.3) is 5.69 Å². The van der Waals surface area contributed by atoms with E-state index in [1.807, 2.05) is 12.1 Å². The van der Waals surface area contributed by atoms with Crippen LogP contribution < -0.4 is 4.90 Å². The first-order chi connectivity index (χ1) is 11.1. The second-order valence-electron chi connectivity index (χ2n) is 6.26. The molecule has 1 unspecified atom stereocenters. The lowest BCUT2D eigenvalue weighted by Crippen LogP contribution is -2.44. The third-order valence-corrected chi connectivity index (χ3v) is 5.11. The van der Waals surface area contributed by atoms with E-state index in [1.54, 1.807) is 6.07 Å². The Morgan fingerprint density at radius 1 is 1.30 bits per heavy atom. The summed E-state index contributed by atoms with van der Waals surface area (Å²) in [5.41, 5.74) is 0.927. The third-order valence-electron chi connectivity index (χ3n) is 4.61. The zero-order chi connectivity index (χ0) is 16.2. The van der Waals surface area contributed by atoms with Gasteiger partial charge in [-0.15, -0.1) is 0 Å². The molecule has 0 aromatic heterocycles. The highest BCUT2D eigenvalue weighted by Crippen LogP contribution is 2.34. The molecule has 126 valence electrons. The van der Waals surface area contributed by atoms with E-state index in [4.69, 9.17) is 4.74 Å². The topological polar surface area (TPSA) is 58.9 Å². The number of piperidine rings is 1. The van der Waals surface area contributed by atoms with E-state index in [9.17, 15) is 10.1 Å². The maximum absolute atomic E-state index is 11.4. The number of nitrogens with zero attached hydrogens (tertiary/aromatic N) is 3. The number of nitro benzene ring substituents is 1. The molecular formula is C16H22BrN3O3. The quantitative estimate of drug-likeness (QED) is 0.590. The van der Waals surface area contributed by atoms with Crippen molar-refractivity contribution < 1.29 is 9.66 Å². The number of nitro groups is 1. The lowest BCUT2D eigenvalue weighted by Gasteiger charge is -2.37. The summed E-state index contributed by atoms with van der Waals surface area (Å²) in [4.78, 5) is 15.7. The highest BCUT2D eigenvalue weighted by Gasteiger charge is 2.27. The Morgan fingerprint density at radius 3 is 2.83 bits per heavy atom. The lowest BCUT2D eigenvalue weighted by molar-refractivity contribution is -0.384. The number of ether oxygens (including phenoxy) is 1. The van der Waals surface area contributed by atoms with Crippen LogP contribution in [0, 0.1) is 16.0 Å². The van der Waals surface area contributed by atoms with Gasteiger partial charge in [0, 0.05) is 43.3 Å². The normalized spacial score (nSPS) is 23.0. The average molecular weight is 384 g/mol. The summed E-state index contributed by atoms with van der Waals surface area (Å²) in [5.74, 6) is 0.560. The summed E-state index contributed by atoms with van der Waals surface area (Å²) in [7, 11) is 0. The monoisotopic (exact) mass is 383 g/mol. The number of benzene rings is 1. The summed E-state index contributed by atoms with van der Waals surface area (Å²) >= 11 is 3.32. The Bertz CT molecular complexity index is 564. The van der Waals surface area contributed by atoms with Crippen molar-refractivity contribution in [3.8, 4) is 0 Å². The standard InChI is InChI=1S/C16H22BrN3O3/c17-14-3-4-15(16(10-14)20(21)22)19-5-1-2-13(12-19)11-18-6-8-23-9-7-18/h3-4,10,13H,1-2,5-9,11-12H2. The molecule has 7 heteroatoms. The van der Waals surface area contributed by atoms with Crippen LogP contribution in [0.1, 0.15) is 12.8 Å². The minimum atomic E-state index is -0.286. The first kappa shape index (κ1) is 16.7. The summed E-state index contributed by atoms with van der Waals surface area (Å²) < 4.78 is 6.15. The molecule has 0 spiro atoms. The minimum absolute atomic E-state index is 0.186. The van der Waals surface area contributed by atoms with Crippen LogP contribution in [0.2, 0.25) is 0 Å². The van der Waals surface area contributed by atoms with E-state index < -0.39 is 0 Å². The number of morpholine rings is 1. The molecule has 0 saturated carbocycles. The molecule has 0 bridgehead atoms. The molecule has 2 fully saturated rings. The second-order valence-corrected chi connectivity index (χ2v) is 7.17. The predicted octanol–water partition coefficient (Wildman–Crippen LogP) is 2.91. The third kappa shape index (κ3) is 4.22. The van der Waals surface area contributed by atoms with E-state index in [-0.39, 0.29) is 10.6 Å². The predicted molar refractivity (Wildman–Crippen MR) is 93.0 cm³/mol. The molecule has 0 amide bonds. The van der Waals surface area contributed by atoms with E-state index in [2.05, 4.69) is 25.7 Å². The molecule has 2 saturated heterocycles. The number of hydrogen-bond acceptors (Lipinski definition) is 5. The van der Waals surface area contributed by atoms with Crippen molar-refractivity contribution in [2.75, 3.05) is 50.8 Å². The van der Waals surface area contributed by atoms with Gasteiger partial charge in [-0.3, -0.25) is 15.0 Å². The molecule has 2 heterocycles. The number of anilines is 1. The van der Waals surface area contributed by atoms with Crippen molar-refractivity contribution in [3.05, 3.63) is 32.8 Å². The van der Waals surface area contributed by atoms with Crippen LogP contribution >= 0.6 is 15.9 Å². The minimum Gasteiger partial charge on any atom is -0.379 e. The summed E-state index contributed by atoms with van der Waals surface area (Å²) in [6, 6.07) is 5.34. The molecule has 6 nitrogen and oxygen atoms in total. The van der Waals surface area contributed by atoms with Crippen LogP contribution in [0.4, 0.5) is 11.4 Å². The maximum atomic E-state index is 11.4. The second kappa shape index (κ2) is 7.59. The van der Waals surface area contributed by atoms with Crippen LogP contribution in [-0.2, 0) is 4.74 Å². The largest absolute Gasteiger partial charge is 0.379 e. The molecule has 0 N–H and O–H groups in total. The lowest BCUT2D eigenvalue weighted by atomic mass is 9.96. The van der Waals surface area contributed by atoms with Gasteiger partial charge in [-0.05, 0) is 30.9 Å². The van der Waals surface area contributed by atoms with Gasteiger partial charge >= 0.3 is 0 Å². The van der Waals surface area contributed by atoms with Crippen molar-refractivity contribution in [1.29, 1.82) is 0 Å². The first-order valence-electron chi connectivity index (χ1n) is 8.12. The fraction of sp³-hybridized carbons (Fsp3) is 0.625. The van der Waals surface area contributed by atoms with Crippen molar-refractivity contribution in [2.45, 2.75) is 12.8 Å². The Balaban J connectivity index is 1.69. The summed E-state index contributed by atoms with van der Waals surface area (Å²) in [6.07, 6.45) is 2.28. The van der Waals surface area contributed by atoms with E-state index in [0.717, 1.165) is 62.5 Å². The maximum Gasteiger partial charge on any atom is 0.293 e. The highest BCUT2D eigenvalue weighted by molar-refractivity contribution is 9.10. The Labute approximate surface area is 144 Å². The van der Waals surface area contributed by atoms with E-state index in [1.165, 1.54) is 6.42 Å². The van der Waals surface area contributed by atoms with Crippen LogP contribution in [0.15, 0.2) is 22.7 Å². The van der Waals surface area contributed by atoms with Gasteiger partial charge in [0.1, 0.15) is 5.69 Å². The van der Waals surface area contributed by atoms with E-state index in [0.29, 0.717) is 5.92 Å². The first-order valence-corrected chi connectivity index (χ1v) is 8.92. The smallest absolute Gasteiger partial charge is 0.293 e. The van der Waals surface area contributed by atoms with Gasteiger partial charge < -0.3 is 9.64 Å². The molecule has 0 radical (unpaired) electrons. The van der Waals surface area contributed by atoms with Crippen molar-refractivity contribution in [2.24, 2.45) is 5.92 Å². The zero-order valence-corrected chi connectivity index (χ0v) is 14.7. The fourth-order valence-electron chi connectivity index (χ4n) is 3.49. The van der Waals surface area contributed by atoms with Crippen LogP contribution in [0.25, 0.3) is 0 Å². The Morgan fingerprint density at radius 2 is 2.09 bits per heavy atom. The molecule has 2 aliphatic rings.